The quantitative estimate of drug-likeness (QED) is 0.0348. The van der Waals surface area contributed by atoms with E-state index in [4.69, 9.17) is 27.9 Å². The first kappa shape index (κ1) is 42.8. The minimum atomic E-state index is -9.19. The molecule has 0 saturated heterocycles. The zero-order chi connectivity index (χ0) is 35.0. The third kappa shape index (κ3) is 16.1. The summed E-state index contributed by atoms with van der Waals surface area (Å²) in [6, 6.07) is 31.5. The average molecular weight is 856 g/mol. The van der Waals surface area contributed by atoms with E-state index in [0.717, 1.165) is 27.5 Å². The van der Waals surface area contributed by atoms with Crippen LogP contribution in [0.2, 0.25) is 10.0 Å². The summed E-state index contributed by atoms with van der Waals surface area (Å²) in [6.45, 7) is 2.80. The molecule has 0 amide bonds. The molecule has 0 bridgehead atoms. The van der Waals surface area contributed by atoms with Crippen LogP contribution in [0.5, 0.6) is 5.75 Å². The second-order valence-electron chi connectivity index (χ2n) is 11.2. The van der Waals surface area contributed by atoms with E-state index < -0.39 is 31.2 Å². The van der Waals surface area contributed by atoms with Crippen molar-refractivity contribution in [2.75, 3.05) is 6.61 Å². The van der Waals surface area contributed by atoms with E-state index in [-0.39, 0.29) is 10.5 Å². The molecule has 2 nitrogen and oxygen atoms in total. The Kier molecular flexibility index (Phi) is 18.5. The maximum absolute atomic E-state index is 14.0. The van der Waals surface area contributed by atoms with Crippen LogP contribution in [-0.2, 0) is 10.9 Å². The predicted molar refractivity (Wildman–Crippen MR) is 190 cm³/mol. The van der Waals surface area contributed by atoms with E-state index >= 15 is 0 Å². The Morgan fingerprint density at radius 3 is 1.59 bits per heavy atom. The van der Waals surface area contributed by atoms with Gasteiger partial charge in [-0.2, -0.15) is 0 Å². The zero-order valence-electron chi connectivity index (χ0n) is 27.2. The van der Waals surface area contributed by atoms with Gasteiger partial charge in [-0.25, -0.2) is 0 Å². The van der Waals surface area contributed by atoms with Gasteiger partial charge in [0.25, 0.3) is 0 Å². The molecule has 0 aromatic heterocycles. The minimum absolute atomic E-state index is 0. The molecule has 0 aliphatic rings. The van der Waals surface area contributed by atoms with Gasteiger partial charge in [0.1, 0.15) is 10.9 Å². The van der Waals surface area contributed by atoms with Gasteiger partial charge >= 0.3 is 34.4 Å². The third-order valence-corrected chi connectivity index (χ3v) is 10.1. The maximum atomic E-state index is 14.0. The van der Waals surface area contributed by atoms with E-state index in [0.29, 0.717) is 33.5 Å². The molecule has 268 valence electrons. The number of benzene rings is 4. The number of carbonyl (C=O) groups is 1. The summed E-state index contributed by atoms with van der Waals surface area (Å²) in [5.74, 6) is 0.406. The van der Waals surface area contributed by atoms with Gasteiger partial charge in [0.2, 0.25) is 4.90 Å². The molecule has 0 aliphatic carbocycles. The molecule has 0 spiro atoms. The Balaban J connectivity index is 0.00000109. The van der Waals surface area contributed by atoms with Crippen molar-refractivity contribution >= 4 is 60.2 Å². The number of carbonyl (C=O) groups excluding carboxylic acids is 1. The van der Waals surface area contributed by atoms with Crippen LogP contribution in [-0.4, -0.2) is 32.7 Å². The van der Waals surface area contributed by atoms with Crippen molar-refractivity contribution in [3.05, 3.63) is 118 Å². The van der Waals surface area contributed by atoms with Crippen LogP contribution in [0.15, 0.2) is 112 Å². The van der Waals surface area contributed by atoms with Crippen molar-refractivity contribution in [1.29, 1.82) is 0 Å². The Morgan fingerprint density at radius 1 is 0.653 bits per heavy atom. The summed E-state index contributed by atoms with van der Waals surface area (Å²) in [5.41, 5.74) is 0.887. The SMILES string of the molecule is CCCCCCCCCCCCOc1c(C(=O)c2ccccc2Cl)cc(Cl)cc1[S+](c1ccccc1)c1ccccc1.[F-].[F][Sb]([F])([F])([F])[F]. The average Bonchev–Trinajstić information content (AvgIpc) is 3.04. The number of ketones is 1. The van der Waals surface area contributed by atoms with Gasteiger partial charge in [-0.1, -0.05) is 136 Å². The Labute approximate surface area is 303 Å². The molecular formula is C37H41Cl2F6O2SSb. The number of halogens is 8. The second-order valence-corrected chi connectivity index (χ2v) is 17.7. The molecule has 4 rings (SSSR count). The van der Waals surface area contributed by atoms with Gasteiger partial charge in [-0.05, 0) is 48.9 Å². The van der Waals surface area contributed by atoms with Crippen molar-refractivity contribution in [2.45, 2.75) is 85.8 Å². The first-order chi connectivity index (χ1) is 22.8. The standard InChI is InChI=1S/C37H41Cl2O2S.6FH.Sb/c1-2-3-4-5-6-7-8-9-10-19-26-41-37-33(36(40)32-24-17-18-25-34(32)39)27-29(38)28-35(37)42(30-20-13-11-14-21-30)31-22-15-12-16-23-31;;;;;;;/h11-18,20-25,27-28H,2-10,19,26H2,1H3;6*1H;/q+1;;;;;;;+5/p-6. The molecule has 12 heteroatoms. The third-order valence-electron chi connectivity index (χ3n) is 7.30. The Morgan fingerprint density at radius 2 is 1.10 bits per heavy atom. The van der Waals surface area contributed by atoms with E-state index in [9.17, 15) is 18.9 Å². The van der Waals surface area contributed by atoms with Crippen molar-refractivity contribution in [3.63, 3.8) is 0 Å². The predicted octanol–water partition coefficient (Wildman–Crippen LogP) is 10.3. The van der Waals surface area contributed by atoms with Crippen molar-refractivity contribution in [1.82, 2.24) is 0 Å². The number of unbranched alkanes of at least 4 members (excludes halogenated alkanes) is 9. The van der Waals surface area contributed by atoms with E-state index in [1.54, 1.807) is 18.2 Å². The van der Waals surface area contributed by atoms with Crippen molar-refractivity contribution in [2.24, 2.45) is 0 Å². The second kappa shape index (κ2) is 21.1. The molecule has 0 saturated carbocycles. The Hall–Kier alpha value is -2.32. The number of rotatable bonds is 17. The molecular weight excluding hydrogens is 815 g/mol. The van der Waals surface area contributed by atoms with Crippen LogP contribution in [0.1, 0.15) is 87.1 Å². The van der Waals surface area contributed by atoms with Crippen LogP contribution >= 0.6 is 23.2 Å². The summed E-state index contributed by atoms with van der Waals surface area (Å²) >= 11 is 4.04. The molecule has 0 fully saturated rings. The molecule has 0 unspecified atom stereocenters. The monoisotopic (exact) mass is 854 g/mol. The molecule has 0 radical (unpaired) electrons. The molecule has 0 heterocycles. The van der Waals surface area contributed by atoms with Crippen molar-refractivity contribution < 1.29 is 28.3 Å². The first-order valence-electron chi connectivity index (χ1n) is 16.0. The van der Waals surface area contributed by atoms with Gasteiger partial charge in [0, 0.05) is 16.7 Å². The van der Waals surface area contributed by atoms with Gasteiger partial charge in [0.05, 0.1) is 17.2 Å². The fraction of sp³-hybridized carbons (Fsp3) is 0.324. The van der Waals surface area contributed by atoms with Crippen molar-refractivity contribution in [3.8, 4) is 5.75 Å². The molecule has 0 aliphatic heterocycles. The molecule has 49 heavy (non-hydrogen) atoms. The summed E-state index contributed by atoms with van der Waals surface area (Å²) in [6.07, 6.45) is 12.5. The molecule has 4 aromatic carbocycles. The fourth-order valence-electron chi connectivity index (χ4n) is 5.10. The van der Waals surface area contributed by atoms with E-state index in [2.05, 4.69) is 31.2 Å². The number of ether oxygens (including phenoxy) is 1. The van der Waals surface area contributed by atoms with Crippen LogP contribution in [0.4, 0.5) is 14.1 Å². The normalized spacial score (nSPS) is 11.9. The summed E-state index contributed by atoms with van der Waals surface area (Å²) in [4.78, 5) is 17.1. The summed E-state index contributed by atoms with van der Waals surface area (Å²) < 4.78 is 56.1. The van der Waals surface area contributed by atoms with Gasteiger partial charge in [0.15, 0.2) is 21.3 Å². The number of hydrogen-bond acceptors (Lipinski definition) is 2. The zero-order valence-corrected chi connectivity index (χ0v) is 32.1. The van der Waals surface area contributed by atoms with Crippen LogP contribution in [0.25, 0.3) is 0 Å². The fourth-order valence-corrected chi connectivity index (χ4v) is 7.84. The van der Waals surface area contributed by atoms with Crippen LogP contribution in [0.3, 0.4) is 0 Å². The number of hydrogen-bond donors (Lipinski definition) is 0. The van der Waals surface area contributed by atoms with Crippen LogP contribution in [0, 0.1) is 0 Å². The first-order valence-corrected chi connectivity index (χ1v) is 22.8. The molecule has 0 N–H and O–H groups in total. The Bertz CT molecular complexity index is 1520. The van der Waals surface area contributed by atoms with Gasteiger partial charge in [-0.3, -0.25) is 4.79 Å². The van der Waals surface area contributed by atoms with Gasteiger partial charge < -0.3 is 9.44 Å². The van der Waals surface area contributed by atoms with Crippen LogP contribution < -0.4 is 9.44 Å². The van der Waals surface area contributed by atoms with E-state index in [1.165, 1.54) is 51.4 Å². The summed E-state index contributed by atoms with van der Waals surface area (Å²) in [7, 11) is -0.535. The molecule has 0 atom stereocenters. The summed E-state index contributed by atoms with van der Waals surface area (Å²) in [5, 5.41) is 0.908. The topological polar surface area (TPSA) is 26.3 Å². The molecule has 4 aromatic rings. The van der Waals surface area contributed by atoms with Gasteiger partial charge in [-0.15, -0.1) is 0 Å². The van der Waals surface area contributed by atoms with E-state index in [1.807, 2.05) is 54.6 Å².